The van der Waals surface area contributed by atoms with Crippen molar-refractivity contribution in [2.45, 2.75) is 13.5 Å². The number of hydrogen-bond acceptors (Lipinski definition) is 3. The van der Waals surface area contributed by atoms with Gasteiger partial charge in [0.1, 0.15) is 10.8 Å². The molecule has 2 N–H and O–H groups in total. The summed E-state index contributed by atoms with van der Waals surface area (Å²) in [4.78, 5) is 6.95. The quantitative estimate of drug-likeness (QED) is 0.880. The molecular formula is C15H16ClN3S. The van der Waals surface area contributed by atoms with Crippen molar-refractivity contribution in [2.75, 3.05) is 11.9 Å². The number of hydrogen-bond donors (Lipinski definition) is 1. The van der Waals surface area contributed by atoms with Gasteiger partial charge in [0, 0.05) is 29.9 Å². The van der Waals surface area contributed by atoms with Gasteiger partial charge in [-0.15, -0.1) is 0 Å². The first-order valence-electron chi connectivity index (χ1n) is 6.20. The maximum absolute atomic E-state index is 5.89. The van der Waals surface area contributed by atoms with Gasteiger partial charge in [-0.05, 0) is 36.8 Å². The summed E-state index contributed by atoms with van der Waals surface area (Å²) in [7, 11) is 1.99. The van der Waals surface area contributed by atoms with Crippen molar-refractivity contribution in [3.8, 4) is 0 Å². The van der Waals surface area contributed by atoms with E-state index in [2.05, 4.69) is 9.88 Å². The van der Waals surface area contributed by atoms with E-state index in [1.54, 1.807) is 0 Å². The standard InChI is InChI=1S/C15H16ClN3S/c1-10-7-12(15(17)20)8-14(18-10)19(2)9-11-3-5-13(16)6-4-11/h3-8H,9H2,1-2H3,(H2,17,20). The number of aromatic nitrogens is 1. The lowest BCUT2D eigenvalue weighted by Crippen LogP contribution is -2.19. The van der Waals surface area contributed by atoms with Gasteiger partial charge < -0.3 is 10.6 Å². The van der Waals surface area contributed by atoms with Gasteiger partial charge in [0.2, 0.25) is 0 Å². The van der Waals surface area contributed by atoms with E-state index < -0.39 is 0 Å². The third kappa shape index (κ3) is 3.68. The summed E-state index contributed by atoms with van der Waals surface area (Å²) in [6.45, 7) is 2.67. The average Bonchev–Trinajstić information content (AvgIpc) is 2.40. The van der Waals surface area contributed by atoms with Crippen LogP contribution in [0.15, 0.2) is 36.4 Å². The lowest BCUT2D eigenvalue weighted by atomic mass is 10.2. The molecule has 0 amide bonds. The Balaban J connectivity index is 2.22. The molecule has 5 heteroatoms. The number of rotatable bonds is 4. The topological polar surface area (TPSA) is 42.1 Å². The lowest BCUT2D eigenvalue weighted by molar-refractivity contribution is 0.892. The number of aryl methyl sites for hydroxylation is 1. The van der Waals surface area contributed by atoms with Gasteiger partial charge >= 0.3 is 0 Å². The van der Waals surface area contributed by atoms with Gasteiger partial charge in [0.15, 0.2) is 0 Å². The molecule has 0 unspecified atom stereocenters. The molecule has 0 atom stereocenters. The van der Waals surface area contributed by atoms with Crippen LogP contribution in [0.3, 0.4) is 0 Å². The van der Waals surface area contributed by atoms with E-state index in [4.69, 9.17) is 29.6 Å². The number of thiocarbonyl (C=S) groups is 1. The Labute approximate surface area is 129 Å². The van der Waals surface area contributed by atoms with Crippen LogP contribution in [0.4, 0.5) is 5.82 Å². The Bertz CT molecular complexity index is 626. The maximum Gasteiger partial charge on any atom is 0.129 e. The van der Waals surface area contributed by atoms with Crippen LogP contribution in [0.5, 0.6) is 0 Å². The molecule has 0 aliphatic heterocycles. The molecule has 0 spiro atoms. The Morgan fingerprint density at radius 3 is 2.55 bits per heavy atom. The minimum Gasteiger partial charge on any atom is -0.389 e. The summed E-state index contributed by atoms with van der Waals surface area (Å²) in [5.41, 5.74) is 8.59. The van der Waals surface area contributed by atoms with Crippen LogP contribution in [0.25, 0.3) is 0 Å². The van der Waals surface area contributed by atoms with E-state index in [0.717, 1.165) is 34.2 Å². The zero-order chi connectivity index (χ0) is 14.7. The highest BCUT2D eigenvalue weighted by Gasteiger charge is 2.07. The Kier molecular flexibility index (Phi) is 4.57. The highest BCUT2D eigenvalue weighted by Crippen LogP contribution is 2.17. The van der Waals surface area contributed by atoms with Crippen molar-refractivity contribution < 1.29 is 0 Å². The highest BCUT2D eigenvalue weighted by molar-refractivity contribution is 7.80. The van der Waals surface area contributed by atoms with Crippen molar-refractivity contribution >= 4 is 34.6 Å². The number of anilines is 1. The summed E-state index contributed by atoms with van der Waals surface area (Å²) in [5.74, 6) is 0.850. The molecule has 0 saturated carbocycles. The molecule has 3 nitrogen and oxygen atoms in total. The van der Waals surface area contributed by atoms with Crippen molar-refractivity contribution in [3.05, 3.63) is 58.2 Å². The van der Waals surface area contributed by atoms with Crippen LogP contribution in [0, 0.1) is 6.92 Å². The monoisotopic (exact) mass is 305 g/mol. The number of nitrogens with zero attached hydrogens (tertiary/aromatic N) is 2. The van der Waals surface area contributed by atoms with Crippen LogP contribution < -0.4 is 10.6 Å². The second-order valence-electron chi connectivity index (χ2n) is 4.70. The minimum absolute atomic E-state index is 0.386. The Morgan fingerprint density at radius 1 is 1.30 bits per heavy atom. The predicted molar refractivity (Wildman–Crippen MR) is 88.4 cm³/mol. The summed E-state index contributed by atoms with van der Waals surface area (Å²) >= 11 is 10.9. The number of nitrogens with two attached hydrogens (primary N) is 1. The molecule has 20 heavy (non-hydrogen) atoms. The summed E-state index contributed by atoms with van der Waals surface area (Å²) in [5, 5.41) is 0.737. The summed E-state index contributed by atoms with van der Waals surface area (Å²) < 4.78 is 0. The van der Waals surface area contributed by atoms with Crippen LogP contribution in [-0.2, 0) is 6.54 Å². The predicted octanol–water partition coefficient (Wildman–Crippen LogP) is 3.31. The normalized spacial score (nSPS) is 10.3. The molecule has 0 bridgehead atoms. The van der Waals surface area contributed by atoms with E-state index in [9.17, 15) is 0 Å². The fourth-order valence-corrected chi connectivity index (χ4v) is 2.18. The summed E-state index contributed by atoms with van der Waals surface area (Å²) in [6.07, 6.45) is 0. The van der Waals surface area contributed by atoms with Gasteiger partial charge in [0.05, 0.1) is 0 Å². The van der Waals surface area contributed by atoms with Gasteiger partial charge in [-0.2, -0.15) is 0 Å². The fraction of sp³-hybridized carbons (Fsp3) is 0.200. The molecule has 1 aromatic heterocycles. The molecule has 0 radical (unpaired) electrons. The van der Waals surface area contributed by atoms with Crippen molar-refractivity contribution in [1.29, 1.82) is 0 Å². The van der Waals surface area contributed by atoms with Gasteiger partial charge in [0.25, 0.3) is 0 Å². The second kappa shape index (κ2) is 6.20. The number of halogens is 1. The Hall–Kier alpha value is -1.65. The fourth-order valence-electron chi connectivity index (χ4n) is 1.93. The molecule has 1 heterocycles. The largest absolute Gasteiger partial charge is 0.389 e. The SMILES string of the molecule is Cc1cc(C(N)=S)cc(N(C)Cc2ccc(Cl)cc2)n1. The highest BCUT2D eigenvalue weighted by atomic mass is 35.5. The van der Waals surface area contributed by atoms with Crippen LogP contribution in [0.2, 0.25) is 5.02 Å². The first-order valence-corrected chi connectivity index (χ1v) is 6.98. The van der Waals surface area contributed by atoms with E-state index in [-0.39, 0.29) is 0 Å². The lowest BCUT2D eigenvalue weighted by Gasteiger charge is -2.19. The van der Waals surface area contributed by atoms with E-state index in [1.807, 2.05) is 50.4 Å². The number of benzene rings is 1. The summed E-state index contributed by atoms with van der Waals surface area (Å²) in [6, 6.07) is 11.6. The Morgan fingerprint density at radius 2 is 1.95 bits per heavy atom. The zero-order valence-electron chi connectivity index (χ0n) is 11.4. The second-order valence-corrected chi connectivity index (χ2v) is 5.58. The minimum atomic E-state index is 0.386. The van der Waals surface area contributed by atoms with E-state index >= 15 is 0 Å². The smallest absolute Gasteiger partial charge is 0.129 e. The van der Waals surface area contributed by atoms with Gasteiger partial charge in [-0.25, -0.2) is 4.98 Å². The first-order chi connectivity index (χ1) is 9.45. The van der Waals surface area contributed by atoms with Crippen LogP contribution >= 0.6 is 23.8 Å². The van der Waals surface area contributed by atoms with Gasteiger partial charge in [-0.3, -0.25) is 0 Å². The third-order valence-corrected chi connectivity index (χ3v) is 3.44. The van der Waals surface area contributed by atoms with Crippen molar-refractivity contribution in [1.82, 2.24) is 4.98 Å². The first kappa shape index (κ1) is 14.8. The number of pyridine rings is 1. The molecule has 0 aliphatic rings. The van der Waals surface area contributed by atoms with Gasteiger partial charge in [-0.1, -0.05) is 36.0 Å². The molecule has 2 rings (SSSR count). The maximum atomic E-state index is 5.89. The van der Waals surface area contributed by atoms with E-state index in [1.165, 1.54) is 0 Å². The van der Waals surface area contributed by atoms with Crippen molar-refractivity contribution in [2.24, 2.45) is 5.73 Å². The molecule has 1 aromatic carbocycles. The van der Waals surface area contributed by atoms with Crippen LogP contribution in [-0.4, -0.2) is 17.0 Å². The van der Waals surface area contributed by atoms with Crippen LogP contribution in [0.1, 0.15) is 16.8 Å². The van der Waals surface area contributed by atoms with Crippen molar-refractivity contribution in [3.63, 3.8) is 0 Å². The molecule has 104 valence electrons. The third-order valence-electron chi connectivity index (χ3n) is 2.95. The van der Waals surface area contributed by atoms with E-state index in [0.29, 0.717) is 4.99 Å². The molecule has 0 saturated heterocycles. The molecule has 0 aliphatic carbocycles. The zero-order valence-corrected chi connectivity index (χ0v) is 13.0. The average molecular weight is 306 g/mol. The molecular weight excluding hydrogens is 290 g/mol. The molecule has 0 fully saturated rings. The molecule has 2 aromatic rings.